The summed E-state index contributed by atoms with van der Waals surface area (Å²) in [7, 11) is 0. The van der Waals surface area contributed by atoms with Crippen LogP contribution in [0.2, 0.25) is 0 Å². The van der Waals surface area contributed by atoms with E-state index in [-0.39, 0.29) is 13.2 Å². The molecule has 0 saturated heterocycles. The molecule has 0 fully saturated rings. The summed E-state index contributed by atoms with van der Waals surface area (Å²) in [5, 5.41) is 3.07. The lowest BCUT2D eigenvalue weighted by Crippen LogP contribution is -2.17. The zero-order valence-electron chi connectivity index (χ0n) is 19.0. The first-order chi connectivity index (χ1) is 16.1. The maximum atomic E-state index is 12.2. The van der Waals surface area contributed by atoms with Gasteiger partial charge < -0.3 is 18.9 Å². The van der Waals surface area contributed by atoms with Crippen LogP contribution >= 0.6 is 15.9 Å². The SMILES string of the molecule is CCCCOC(=O)COc1c2ccccc2c(OCC(=O)OCCCC)c2c(Br)cccc12. The maximum Gasteiger partial charge on any atom is 0.344 e. The number of hydrogen-bond acceptors (Lipinski definition) is 6. The van der Waals surface area contributed by atoms with Gasteiger partial charge in [-0.1, -0.05) is 79.0 Å². The van der Waals surface area contributed by atoms with Gasteiger partial charge in [-0.15, -0.1) is 0 Å². The van der Waals surface area contributed by atoms with Crippen LogP contribution in [0, 0.1) is 0 Å². The third-order valence-electron chi connectivity index (χ3n) is 5.09. The van der Waals surface area contributed by atoms with Crippen molar-refractivity contribution in [1.82, 2.24) is 0 Å². The van der Waals surface area contributed by atoms with E-state index in [4.69, 9.17) is 18.9 Å². The lowest BCUT2D eigenvalue weighted by molar-refractivity contribution is -0.146. The first-order valence-corrected chi connectivity index (χ1v) is 12.1. The van der Waals surface area contributed by atoms with E-state index in [9.17, 15) is 9.59 Å². The maximum absolute atomic E-state index is 12.2. The molecule has 0 aliphatic carbocycles. The molecular formula is C26H29BrO6. The van der Waals surface area contributed by atoms with Crippen LogP contribution in [-0.2, 0) is 19.1 Å². The summed E-state index contributed by atoms with van der Waals surface area (Å²) in [6.07, 6.45) is 3.53. The highest BCUT2D eigenvalue weighted by molar-refractivity contribution is 9.10. The van der Waals surface area contributed by atoms with Crippen molar-refractivity contribution in [3.8, 4) is 11.5 Å². The Morgan fingerprint density at radius 2 is 1.24 bits per heavy atom. The number of esters is 2. The fourth-order valence-corrected chi connectivity index (χ4v) is 3.96. The number of rotatable bonds is 12. The molecule has 33 heavy (non-hydrogen) atoms. The largest absolute Gasteiger partial charge is 0.481 e. The zero-order valence-corrected chi connectivity index (χ0v) is 20.6. The Bertz CT molecular complexity index is 1110. The molecule has 0 aliphatic heterocycles. The minimum absolute atomic E-state index is 0.195. The third kappa shape index (κ3) is 6.38. The Balaban J connectivity index is 1.95. The van der Waals surface area contributed by atoms with Crippen molar-refractivity contribution in [2.24, 2.45) is 0 Å². The summed E-state index contributed by atoms with van der Waals surface area (Å²) in [5.41, 5.74) is 0. The molecule has 0 N–H and O–H groups in total. The van der Waals surface area contributed by atoms with Gasteiger partial charge in [-0.05, 0) is 18.9 Å². The first-order valence-electron chi connectivity index (χ1n) is 11.3. The van der Waals surface area contributed by atoms with E-state index in [0.717, 1.165) is 51.7 Å². The van der Waals surface area contributed by atoms with Gasteiger partial charge in [0.05, 0.1) is 13.2 Å². The van der Waals surface area contributed by atoms with Gasteiger partial charge >= 0.3 is 11.9 Å². The van der Waals surface area contributed by atoms with E-state index in [1.165, 1.54) is 0 Å². The number of ether oxygens (including phenoxy) is 4. The Morgan fingerprint density at radius 3 is 1.82 bits per heavy atom. The van der Waals surface area contributed by atoms with Crippen LogP contribution in [0.3, 0.4) is 0 Å². The summed E-state index contributed by atoms with van der Waals surface area (Å²) in [4.78, 5) is 24.3. The number of hydrogen-bond donors (Lipinski definition) is 0. The lowest BCUT2D eigenvalue weighted by atomic mass is 10.0. The zero-order chi connectivity index (χ0) is 23.6. The van der Waals surface area contributed by atoms with Crippen molar-refractivity contribution in [1.29, 1.82) is 0 Å². The average molecular weight is 517 g/mol. The molecule has 0 aromatic heterocycles. The predicted octanol–water partition coefficient (Wildman–Crippen LogP) is 6.20. The fourth-order valence-electron chi connectivity index (χ4n) is 3.41. The smallest absolute Gasteiger partial charge is 0.344 e. The van der Waals surface area contributed by atoms with E-state index in [1.807, 2.05) is 56.3 Å². The summed E-state index contributed by atoms with van der Waals surface area (Å²) in [5.74, 6) is 0.291. The predicted molar refractivity (Wildman–Crippen MR) is 132 cm³/mol. The number of carbonyl (C=O) groups excluding carboxylic acids is 2. The van der Waals surface area contributed by atoms with Crippen LogP contribution in [0.5, 0.6) is 11.5 Å². The van der Waals surface area contributed by atoms with Gasteiger partial charge in [0.25, 0.3) is 0 Å². The van der Waals surface area contributed by atoms with Crippen molar-refractivity contribution < 1.29 is 28.5 Å². The molecule has 176 valence electrons. The van der Waals surface area contributed by atoms with E-state index >= 15 is 0 Å². The minimum Gasteiger partial charge on any atom is -0.481 e. The van der Waals surface area contributed by atoms with Gasteiger partial charge in [0.1, 0.15) is 11.5 Å². The van der Waals surface area contributed by atoms with Crippen LogP contribution in [0.25, 0.3) is 21.5 Å². The van der Waals surface area contributed by atoms with Crippen molar-refractivity contribution in [2.75, 3.05) is 26.4 Å². The van der Waals surface area contributed by atoms with Crippen molar-refractivity contribution in [3.63, 3.8) is 0 Å². The summed E-state index contributed by atoms with van der Waals surface area (Å²) >= 11 is 3.60. The van der Waals surface area contributed by atoms with Gasteiger partial charge in [0.2, 0.25) is 0 Å². The Hall–Kier alpha value is -2.80. The first kappa shape index (κ1) is 24.8. The molecule has 0 unspecified atom stereocenters. The number of carbonyl (C=O) groups is 2. The molecule has 3 rings (SSSR count). The van der Waals surface area contributed by atoms with E-state index in [1.54, 1.807) is 0 Å². The molecule has 0 saturated carbocycles. The van der Waals surface area contributed by atoms with E-state index in [0.29, 0.717) is 24.7 Å². The van der Waals surface area contributed by atoms with Crippen LogP contribution in [0.4, 0.5) is 0 Å². The quantitative estimate of drug-likeness (QED) is 0.162. The van der Waals surface area contributed by atoms with Gasteiger partial charge in [0, 0.05) is 26.0 Å². The number of fused-ring (bicyclic) bond motifs is 2. The molecule has 0 spiro atoms. The Labute approximate surface area is 202 Å². The highest BCUT2D eigenvalue weighted by Crippen LogP contribution is 2.45. The molecule has 3 aromatic rings. The van der Waals surface area contributed by atoms with Gasteiger partial charge in [-0.25, -0.2) is 9.59 Å². The molecule has 0 heterocycles. The lowest BCUT2D eigenvalue weighted by Gasteiger charge is -2.18. The highest BCUT2D eigenvalue weighted by atomic mass is 79.9. The molecule has 7 heteroatoms. The summed E-state index contributed by atoms with van der Waals surface area (Å²) in [6, 6.07) is 13.3. The fraction of sp³-hybridized carbons (Fsp3) is 0.385. The van der Waals surface area contributed by atoms with E-state index < -0.39 is 11.9 Å². The average Bonchev–Trinajstić information content (AvgIpc) is 2.81. The van der Waals surface area contributed by atoms with Gasteiger partial charge in [-0.3, -0.25) is 0 Å². The molecule has 0 aliphatic rings. The highest BCUT2D eigenvalue weighted by Gasteiger charge is 2.20. The monoisotopic (exact) mass is 516 g/mol. The normalized spacial score (nSPS) is 10.9. The Kier molecular flexibility index (Phi) is 9.36. The molecule has 6 nitrogen and oxygen atoms in total. The van der Waals surface area contributed by atoms with Crippen molar-refractivity contribution in [3.05, 3.63) is 46.9 Å². The van der Waals surface area contributed by atoms with Crippen LogP contribution in [-0.4, -0.2) is 38.4 Å². The molecular weight excluding hydrogens is 488 g/mol. The van der Waals surface area contributed by atoms with Gasteiger partial charge in [0.15, 0.2) is 13.2 Å². The molecule has 0 atom stereocenters. The third-order valence-corrected chi connectivity index (χ3v) is 5.75. The van der Waals surface area contributed by atoms with Crippen LogP contribution in [0.1, 0.15) is 39.5 Å². The van der Waals surface area contributed by atoms with Crippen molar-refractivity contribution in [2.45, 2.75) is 39.5 Å². The second kappa shape index (κ2) is 12.4. The second-order valence-corrected chi connectivity index (χ2v) is 8.45. The van der Waals surface area contributed by atoms with Crippen molar-refractivity contribution >= 4 is 49.4 Å². The molecule has 0 amide bonds. The Morgan fingerprint density at radius 1 is 0.727 bits per heavy atom. The van der Waals surface area contributed by atoms with Gasteiger partial charge in [-0.2, -0.15) is 0 Å². The number of benzene rings is 3. The number of unbranched alkanes of at least 4 members (excludes halogenated alkanes) is 2. The summed E-state index contributed by atoms with van der Waals surface area (Å²) < 4.78 is 23.2. The second-order valence-electron chi connectivity index (χ2n) is 7.59. The standard InChI is InChI=1S/C26H29BrO6/c1-3-5-14-30-22(28)16-32-25-18-10-7-8-11-19(18)26(24-20(25)12-9-13-21(24)27)33-17-23(29)31-15-6-4-2/h7-13H,3-6,14-17H2,1-2H3. The topological polar surface area (TPSA) is 71.1 Å². The molecule has 0 radical (unpaired) electrons. The minimum atomic E-state index is -0.414. The van der Waals surface area contributed by atoms with Crippen LogP contribution in [0.15, 0.2) is 46.9 Å². The van der Waals surface area contributed by atoms with E-state index in [2.05, 4.69) is 15.9 Å². The molecule has 0 bridgehead atoms. The summed E-state index contributed by atoms with van der Waals surface area (Å²) in [6.45, 7) is 4.44. The molecule has 3 aromatic carbocycles. The number of halogens is 1. The van der Waals surface area contributed by atoms with Crippen LogP contribution < -0.4 is 9.47 Å².